The first-order valence-electron chi connectivity index (χ1n) is 10.2. The fourth-order valence-electron chi connectivity index (χ4n) is 3.05. The van der Waals surface area contributed by atoms with Crippen LogP contribution >= 0.6 is 11.6 Å². The molecule has 0 saturated heterocycles. The van der Waals surface area contributed by atoms with Crippen molar-refractivity contribution < 1.29 is 17.9 Å². The van der Waals surface area contributed by atoms with Crippen molar-refractivity contribution in [2.24, 2.45) is 5.10 Å². The number of halogens is 1. The van der Waals surface area contributed by atoms with Crippen LogP contribution in [-0.2, 0) is 14.8 Å². The monoisotopic (exact) mass is 500 g/mol. The predicted octanol–water partition coefficient (Wildman–Crippen LogP) is 3.76. The van der Waals surface area contributed by atoms with Crippen LogP contribution in [0, 0.1) is 0 Å². The van der Waals surface area contributed by atoms with Crippen LogP contribution in [0.2, 0.25) is 5.02 Å². The average molecular weight is 501 g/mol. The maximum Gasteiger partial charge on any atom is 0.264 e. The minimum absolute atomic E-state index is 0.0409. The van der Waals surface area contributed by atoms with Crippen molar-refractivity contribution in [3.05, 3.63) is 83.4 Å². The molecule has 0 aliphatic rings. The molecule has 0 spiro atoms. The molecule has 0 heterocycles. The first-order chi connectivity index (χ1) is 16.2. The zero-order valence-electron chi connectivity index (χ0n) is 19.0. The molecule has 10 heteroatoms. The van der Waals surface area contributed by atoms with Gasteiger partial charge in [-0.2, -0.15) is 5.10 Å². The summed E-state index contributed by atoms with van der Waals surface area (Å²) in [6, 6.07) is 19.9. The Hall–Kier alpha value is -3.56. The van der Waals surface area contributed by atoms with Crippen LogP contribution in [0.25, 0.3) is 0 Å². The van der Waals surface area contributed by atoms with E-state index in [0.717, 1.165) is 15.6 Å². The van der Waals surface area contributed by atoms with E-state index >= 15 is 0 Å². The maximum atomic E-state index is 13.3. The molecule has 8 nitrogen and oxygen atoms in total. The summed E-state index contributed by atoms with van der Waals surface area (Å²) in [7, 11) is 1.28. The lowest BCUT2D eigenvalue weighted by Crippen LogP contribution is -2.39. The van der Waals surface area contributed by atoms with Gasteiger partial charge >= 0.3 is 0 Å². The summed E-state index contributed by atoms with van der Waals surface area (Å²) in [4.78, 5) is 14.7. The van der Waals surface area contributed by atoms with E-state index in [-0.39, 0.29) is 15.6 Å². The van der Waals surface area contributed by atoms with E-state index < -0.39 is 22.5 Å². The van der Waals surface area contributed by atoms with E-state index in [1.54, 1.807) is 24.3 Å². The Morgan fingerprint density at radius 1 is 1.03 bits per heavy atom. The minimum Gasteiger partial charge on any atom is -0.495 e. The molecule has 0 unspecified atom stereocenters. The van der Waals surface area contributed by atoms with Gasteiger partial charge in [-0.05, 0) is 48.0 Å². The minimum atomic E-state index is -4.06. The number of nitrogens with zero attached hydrogens (tertiary/aromatic N) is 3. The standard InChI is InChI=1S/C24H25ClN4O4S/c1-28(2)19-11-9-18(10-12-19)16-26-27-24(30)17-29(20-13-14-23(33-3)22(25)15-20)34(31,32)21-7-5-4-6-8-21/h4-16H,17H2,1-3H3,(H,27,30)/b26-16-. The summed E-state index contributed by atoms with van der Waals surface area (Å²) in [6.45, 7) is -0.503. The van der Waals surface area contributed by atoms with Gasteiger partial charge in [0, 0.05) is 19.8 Å². The first kappa shape index (κ1) is 25.1. The summed E-state index contributed by atoms with van der Waals surface area (Å²) in [5.74, 6) is -0.232. The molecule has 3 rings (SSSR count). The second-order valence-corrected chi connectivity index (χ2v) is 9.69. The van der Waals surface area contributed by atoms with Gasteiger partial charge in [-0.25, -0.2) is 13.8 Å². The van der Waals surface area contributed by atoms with Gasteiger partial charge in [0.25, 0.3) is 15.9 Å². The number of anilines is 2. The third-order valence-electron chi connectivity index (χ3n) is 4.85. The third kappa shape index (κ3) is 6.06. The van der Waals surface area contributed by atoms with Crippen molar-refractivity contribution in [2.45, 2.75) is 4.90 Å². The van der Waals surface area contributed by atoms with Crippen LogP contribution in [0.3, 0.4) is 0 Å². The fourth-order valence-corrected chi connectivity index (χ4v) is 4.73. The Balaban J connectivity index is 1.82. The number of nitrogens with one attached hydrogen (secondary N) is 1. The van der Waals surface area contributed by atoms with Crippen molar-refractivity contribution in [2.75, 3.05) is 37.0 Å². The van der Waals surface area contributed by atoms with Gasteiger partial charge in [0.2, 0.25) is 0 Å². The molecule has 0 aliphatic carbocycles. The van der Waals surface area contributed by atoms with E-state index in [1.807, 2.05) is 43.3 Å². The van der Waals surface area contributed by atoms with Gasteiger partial charge in [-0.15, -0.1) is 0 Å². The SMILES string of the molecule is COc1ccc(N(CC(=O)N/N=C\c2ccc(N(C)C)cc2)S(=O)(=O)c2ccccc2)cc1Cl. The summed E-state index contributed by atoms with van der Waals surface area (Å²) >= 11 is 6.21. The molecule has 0 fully saturated rings. The summed E-state index contributed by atoms with van der Waals surface area (Å²) < 4.78 is 32.8. The lowest BCUT2D eigenvalue weighted by Gasteiger charge is -2.24. The zero-order chi connectivity index (χ0) is 24.7. The van der Waals surface area contributed by atoms with Gasteiger partial charge in [0.1, 0.15) is 12.3 Å². The quantitative estimate of drug-likeness (QED) is 0.357. The Labute approximate surface area is 204 Å². The van der Waals surface area contributed by atoms with Crippen molar-refractivity contribution in [3.8, 4) is 5.75 Å². The highest BCUT2D eigenvalue weighted by Gasteiger charge is 2.27. The van der Waals surface area contributed by atoms with Gasteiger partial charge in [0.05, 0.1) is 28.9 Å². The van der Waals surface area contributed by atoms with Crippen LogP contribution < -0.4 is 19.4 Å². The molecule has 0 aliphatic heterocycles. The number of methoxy groups -OCH3 is 1. The van der Waals surface area contributed by atoms with Crippen molar-refractivity contribution in [1.82, 2.24) is 5.43 Å². The topological polar surface area (TPSA) is 91.3 Å². The Bertz CT molecular complexity index is 1260. The second kappa shape index (κ2) is 11.0. The Morgan fingerprint density at radius 2 is 1.68 bits per heavy atom. The molecule has 1 N–H and O–H groups in total. The number of hydrogen-bond donors (Lipinski definition) is 1. The number of amides is 1. The highest BCUT2D eigenvalue weighted by molar-refractivity contribution is 7.92. The highest BCUT2D eigenvalue weighted by Crippen LogP contribution is 2.31. The molecule has 0 radical (unpaired) electrons. The van der Waals surface area contributed by atoms with Crippen LogP contribution in [-0.4, -0.2) is 48.3 Å². The first-order valence-corrected chi connectivity index (χ1v) is 12.0. The molecular weight excluding hydrogens is 476 g/mol. The number of ether oxygens (including phenoxy) is 1. The van der Waals surface area contributed by atoms with Crippen LogP contribution in [0.5, 0.6) is 5.75 Å². The molecule has 178 valence electrons. The number of carbonyl (C=O) groups is 1. The van der Waals surface area contributed by atoms with E-state index in [9.17, 15) is 13.2 Å². The smallest absolute Gasteiger partial charge is 0.264 e. The molecule has 3 aromatic rings. The molecule has 3 aromatic carbocycles. The Morgan fingerprint density at radius 3 is 2.26 bits per heavy atom. The predicted molar refractivity (Wildman–Crippen MR) is 135 cm³/mol. The molecular formula is C24H25ClN4O4S. The van der Waals surface area contributed by atoms with E-state index in [1.165, 1.54) is 37.6 Å². The number of hydrazone groups is 1. The molecule has 0 bridgehead atoms. The number of benzene rings is 3. The summed E-state index contributed by atoms with van der Waals surface area (Å²) in [5, 5.41) is 4.17. The van der Waals surface area contributed by atoms with Crippen LogP contribution in [0.15, 0.2) is 82.8 Å². The Kier molecular flexibility index (Phi) is 8.14. The van der Waals surface area contributed by atoms with Crippen molar-refractivity contribution in [3.63, 3.8) is 0 Å². The number of carbonyl (C=O) groups excluding carboxylic acids is 1. The molecule has 0 atom stereocenters. The van der Waals surface area contributed by atoms with Gasteiger partial charge < -0.3 is 9.64 Å². The normalized spacial score (nSPS) is 11.3. The number of rotatable bonds is 9. The fraction of sp³-hybridized carbons (Fsp3) is 0.167. The van der Waals surface area contributed by atoms with E-state index in [2.05, 4.69) is 10.5 Å². The molecule has 34 heavy (non-hydrogen) atoms. The third-order valence-corrected chi connectivity index (χ3v) is 6.94. The molecule has 1 amide bonds. The van der Waals surface area contributed by atoms with Gasteiger partial charge in [-0.1, -0.05) is 41.9 Å². The van der Waals surface area contributed by atoms with Crippen molar-refractivity contribution in [1.29, 1.82) is 0 Å². The van der Waals surface area contributed by atoms with E-state index in [4.69, 9.17) is 16.3 Å². The van der Waals surface area contributed by atoms with Gasteiger partial charge in [-0.3, -0.25) is 9.10 Å². The molecule has 0 aromatic heterocycles. The van der Waals surface area contributed by atoms with Crippen molar-refractivity contribution >= 4 is 45.1 Å². The van der Waals surface area contributed by atoms with Crippen LogP contribution in [0.1, 0.15) is 5.56 Å². The highest BCUT2D eigenvalue weighted by atomic mass is 35.5. The summed E-state index contributed by atoms with van der Waals surface area (Å²) in [5.41, 5.74) is 4.41. The molecule has 0 saturated carbocycles. The van der Waals surface area contributed by atoms with E-state index in [0.29, 0.717) is 5.75 Å². The number of sulfonamides is 1. The lowest BCUT2D eigenvalue weighted by atomic mass is 10.2. The lowest BCUT2D eigenvalue weighted by molar-refractivity contribution is -0.119. The largest absolute Gasteiger partial charge is 0.495 e. The zero-order valence-corrected chi connectivity index (χ0v) is 20.5. The number of hydrogen-bond acceptors (Lipinski definition) is 6. The van der Waals surface area contributed by atoms with Crippen LogP contribution in [0.4, 0.5) is 11.4 Å². The summed E-state index contributed by atoms with van der Waals surface area (Å²) in [6.07, 6.45) is 1.48. The average Bonchev–Trinajstić information content (AvgIpc) is 2.83. The van der Waals surface area contributed by atoms with Gasteiger partial charge in [0.15, 0.2) is 0 Å². The second-order valence-electron chi connectivity index (χ2n) is 7.42. The maximum absolute atomic E-state index is 13.3.